The third kappa shape index (κ3) is 41.1. The molecule has 0 saturated heterocycles. The molecule has 0 aromatic heterocycles. The largest absolute Gasteiger partial charge is 0.472 e. The first-order chi connectivity index (χ1) is 29.1. The van der Waals surface area contributed by atoms with Gasteiger partial charge in [0.2, 0.25) is 0 Å². The number of phosphoric acid groups is 1. The second kappa shape index (κ2) is 42.0. The van der Waals surface area contributed by atoms with Crippen molar-refractivity contribution in [2.75, 3.05) is 26.4 Å². The van der Waals surface area contributed by atoms with Crippen LogP contribution in [-0.2, 0) is 37.5 Å². The molecule has 338 valence electrons. The predicted octanol–water partition coefficient (Wildman–Crippen LogP) is 11.0. The minimum Gasteiger partial charge on any atom is -0.462 e. The fourth-order valence-corrected chi connectivity index (χ4v) is 5.77. The van der Waals surface area contributed by atoms with Crippen molar-refractivity contribution in [2.24, 2.45) is 0 Å². The van der Waals surface area contributed by atoms with Crippen LogP contribution < -0.4 is 0 Å². The zero-order valence-electron chi connectivity index (χ0n) is 36.4. The van der Waals surface area contributed by atoms with Crippen molar-refractivity contribution in [3.05, 3.63) is 109 Å². The lowest BCUT2D eigenvalue weighted by molar-refractivity contribution is -0.161. The molecule has 3 atom stereocenters. The molecule has 12 heteroatoms. The van der Waals surface area contributed by atoms with Gasteiger partial charge in [0.25, 0.3) is 0 Å². The standard InChI is InChI=1S/C48H75O11P/c1-3-5-7-8-9-10-11-12-13-14-15-16-17-18-21-24-27-30-34-38-47(52)56-42-46(43-58-60(54,55)57-41-45(51)40-49)59-48(53)39-35-31-28-25-22-19-20-23-26-29-33-37-44(50)36-32-6-4-2/h9-10,12-13,15-16,18-21,25-30,33,37,45-46,49,51H,3-8,11,14,17,22-24,31-32,34-36,38-43H2,1-2H3,(H,54,55)/b10-9-,13-12-,16-15-,20-19-,21-18-,28-25-,29-26-,30-27-,37-33+/t45-,46+/m0/s1. The molecule has 0 amide bonds. The average Bonchev–Trinajstić information content (AvgIpc) is 3.23. The number of ketones is 1. The Kier molecular flexibility index (Phi) is 39.4. The van der Waals surface area contributed by atoms with Crippen molar-refractivity contribution < 1.29 is 52.6 Å². The topological polar surface area (TPSA) is 166 Å². The van der Waals surface area contributed by atoms with Gasteiger partial charge >= 0.3 is 19.8 Å². The van der Waals surface area contributed by atoms with Crippen LogP contribution in [0.3, 0.4) is 0 Å². The number of unbranched alkanes of at least 4 members (excludes halogenated alkanes) is 6. The lowest BCUT2D eigenvalue weighted by Crippen LogP contribution is -2.29. The number of ether oxygens (including phenoxy) is 2. The second-order valence-electron chi connectivity index (χ2n) is 14.0. The molecule has 0 rings (SSSR count). The molecule has 11 nitrogen and oxygen atoms in total. The summed E-state index contributed by atoms with van der Waals surface area (Å²) in [5.41, 5.74) is 0. The number of aliphatic hydroxyl groups is 2. The Labute approximate surface area is 361 Å². The molecule has 1 unspecified atom stereocenters. The van der Waals surface area contributed by atoms with Crippen LogP contribution in [-0.4, -0.2) is 71.5 Å². The van der Waals surface area contributed by atoms with E-state index in [0.29, 0.717) is 25.7 Å². The van der Waals surface area contributed by atoms with E-state index in [4.69, 9.17) is 19.1 Å². The normalized spacial score (nSPS) is 14.8. The number of carbonyl (C=O) groups excluding carboxylic acids is 3. The predicted molar refractivity (Wildman–Crippen MR) is 242 cm³/mol. The maximum absolute atomic E-state index is 12.6. The van der Waals surface area contributed by atoms with Crippen molar-refractivity contribution in [3.8, 4) is 0 Å². The van der Waals surface area contributed by atoms with Gasteiger partial charge in [-0.2, -0.15) is 0 Å². The minimum absolute atomic E-state index is 0.0598. The van der Waals surface area contributed by atoms with Crippen molar-refractivity contribution in [3.63, 3.8) is 0 Å². The number of esters is 2. The quantitative estimate of drug-likeness (QED) is 0.0134. The molecule has 0 aromatic rings. The van der Waals surface area contributed by atoms with Gasteiger partial charge in [-0.25, -0.2) is 4.57 Å². The number of phosphoric ester groups is 1. The Morgan fingerprint density at radius 3 is 1.62 bits per heavy atom. The molecular weight excluding hydrogens is 783 g/mol. The monoisotopic (exact) mass is 859 g/mol. The number of allylic oxidation sites excluding steroid dienone is 18. The summed E-state index contributed by atoms with van der Waals surface area (Å²) in [5, 5.41) is 18.3. The van der Waals surface area contributed by atoms with E-state index in [1.165, 1.54) is 19.3 Å². The molecule has 0 aliphatic heterocycles. The molecule has 0 spiro atoms. The van der Waals surface area contributed by atoms with Crippen molar-refractivity contribution in [2.45, 2.75) is 148 Å². The Balaban J connectivity index is 4.58. The number of hydrogen-bond acceptors (Lipinski definition) is 10. The summed E-state index contributed by atoms with van der Waals surface area (Å²) >= 11 is 0. The van der Waals surface area contributed by atoms with Gasteiger partial charge in [0.05, 0.1) is 19.8 Å². The Bertz CT molecular complexity index is 1420. The van der Waals surface area contributed by atoms with Crippen LogP contribution in [0.1, 0.15) is 136 Å². The first kappa shape index (κ1) is 56.3. The Morgan fingerprint density at radius 2 is 1.05 bits per heavy atom. The van der Waals surface area contributed by atoms with Crippen LogP contribution in [0.15, 0.2) is 109 Å². The SMILES string of the molecule is CCCCC/C=C\C/C=C\C/C=C\C/C=C\C/C=C\CCC(=O)OC[C@H](COP(=O)(O)OC[C@@H](O)CO)OC(=O)CCC/C=C\C/C=C\C/C=C\C=C\C(=O)CCCCC. The molecule has 0 aliphatic carbocycles. The van der Waals surface area contributed by atoms with Gasteiger partial charge in [0.1, 0.15) is 12.7 Å². The zero-order chi connectivity index (χ0) is 44.2. The summed E-state index contributed by atoms with van der Waals surface area (Å²) in [4.78, 5) is 46.7. The molecule has 3 N–H and O–H groups in total. The molecule has 0 saturated carbocycles. The van der Waals surface area contributed by atoms with Gasteiger partial charge < -0.3 is 24.6 Å². The van der Waals surface area contributed by atoms with E-state index in [-0.39, 0.29) is 18.6 Å². The second-order valence-corrected chi connectivity index (χ2v) is 15.5. The van der Waals surface area contributed by atoms with Crippen LogP contribution in [0.5, 0.6) is 0 Å². The lowest BCUT2D eigenvalue weighted by Gasteiger charge is -2.20. The fourth-order valence-electron chi connectivity index (χ4n) is 4.98. The van der Waals surface area contributed by atoms with E-state index >= 15 is 0 Å². The number of hydrogen-bond donors (Lipinski definition) is 3. The number of carbonyl (C=O) groups is 3. The summed E-state index contributed by atoms with van der Waals surface area (Å²) in [5.74, 6) is -0.983. The molecule has 60 heavy (non-hydrogen) atoms. The number of aliphatic hydroxyl groups excluding tert-OH is 2. The average molecular weight is 859 g/mol. The number of rotatable bonds is 39. The van der Waals surface area contributed by atoms with Crippen molar-refractivity contribution >= 4 is 25.5 Å². The van der Waals surface area contributed by atoms with Crippen molar-refractivity contribution in [1.29, 1.82) is 0 Å². The first-order valence-corrected chi connectivity index (χ1v) is 23.3. The zero-order valence-corrected chi connectivity index (χ0v) is 37.3. The fraction of sp³-hybridized carbons (Fsp3) is 0.562. The highest BCUT2D eigenvalue weighted by Gasteiger charge is 2.27. The molecule has 0 radical (unpaired) electrons. The van der Waals surface area contributed by atoms with E-state index in [2.05, 4.69) is 67.0 Å². The van der Waals surface area contributed by atoms with Crippen LogP contribution in [0.2, 0.25) is 0 Å². The highest BCUT2D eigenvalue weighted by Crippen LogP contribution is 2.43. The van der Waals surface area contributed by atoms with Gasteiger partial charge in [-0.3, -0.25) is 23.4 Å². The van der Waals surface area contributed by atoms with E-state index in [9.17, 15) is 28.9 Å². The minimum atomic E-state index is -4.67. The van der Waals surface area contributed by atoms with Gasteiger partial charge in [-0.05, 0) is 83.1 Å². The smallest absolute Gasteiger partial charge is 0.462 e. The van der Waals surface area contributed by atoms with Crippen LogP contribution in [0.25, 0.3) is 0 Å². The van der Waals surface area contributed by atoms with Crippen LogP contribution >= 0.6 is 7.82 Å². The third-order valence-corrected chi connectivity index (χ3v) is 9.34. The summed E-state index contributed by atoms with van der Waals surface area (Å²) < 4.78 is 32.5. The first-order valence-electron chi connectivity index (χ1n) is 21.8. The summed E-state index contributed by atoms with van der Waals surface area (Å²) in [6, 6.07) is 0. The van der Waals surface area contributed by atoms with Crippen LogP contribution in [0.4, 0.5) is 0 Å². The van der Waals surface area contributed by atoms with Crippen LogP contribution in [0, 0.1) is 0 Å². The molecule has 0 heterocycles. The van der Waals surface area contributed by atoms with Gasteiger partial charge in [0, 0.05) is 19.3 Å². The van der Waals surface area contributed by atoms with E-state index in [1.807, 2.05) is 48.6 Å². The summed E-state index contributed by atoms with van der Waals surface area (Å²) in [6.07, 6.45) is 49.1. The van der Waals surface area contributed by atoms with E-state index in [0.717, 1.165) is 64.2 Å². The van der Waals surface area contributed by atoms with E-state index in [1.54, 1.807) is 12.2 Å². The highest BCUT2D eigenvalue weighted by molar-refractivity contribution is 7.47. The van der Waals surface area contributed by atoms with E-state index < -0.39 is 58.4 Å². The molecular formula is C48H75O11P. The summed E-state index contributed by atoms with van der Waals surface area (Å²) in [7, 11) is -4.67. The maximum Gasteiger partial charge on any atom is 0.472 e. The molecule has 0 aliphatic rings. The maximum atomic E-state index is 12.6. The summed E-state index contributed by atoms with van der Waals surface area (Å²) in [6.45, 7) is 1.99. The van der Waals surface area contributed by atoms with Gasteiger partial charge in [0.15, 0.2) is 11.9 Å². The van der Waals surface area contributed by atoms with Crippen molar-refractivity contribution in [1.82, 2.24) is 0 Å². The molecule has 0 bridgehead atoms. The molecule has 0 fully saturated rings. The Morgan fingerprint density at radius 1 is 0.550 bits per heavy atom. The third-order valence-electron chi connectivity index (χ3n) is 8.39. The Hall–Kier alpha value is -3.70. The van der Waals surface area contributed by atoms with Gasteiger partial charge in [-0.1, -0.05) is 143 Å². The highest BCUT2D eigenvalue weighted by atomic mass is 31.2. The molecule has 0 aromatic carbocycles. The lowest BCUT2D eigenvalue weighted by atomic mass is 10.1. The van der Waals surface area contributed by atoms with Gasteiger partial charge in [-0.15, -0.1) is 0 Å².